The average molecular weight is 590 g/mol. The van der Waals surface area contributed by atoms with Crippen LogP contribution in [-0.4, -0.2) is 35.3 Å². The van der Waals surface area contributed by atoms with E-state index in [1.54, 1.807) is 24.3 Å². The van der Waals surface area contributed by atoms with E-state index in [4.69, 9.17) is 39.5 Å². The van der Waals surface area contributed by atoms with Gasteiger partial charge in [-0.25, -0.2) is 9.69 Å². The number of rotatable bonds is 7. The number of nitrogens with one attached hydrogen (secondary N) is 2. The van der Waals surface area contributed by atoms with Gasteiger partial charge in [0.15, 0.2) is 12.4 Å². The summed E-state index contributed by atoms with van der Waals surface area (Å²) in [5.74, 6) is -2.48. The van der Waals surface area contributed by atoms with Gasteiger partial charge in [-0.2, -0.15) is 0 Å². The molecule has 1 fully saturated rings. The summed E-state index contributed by atoms with van der Waals surface area (Å²) in [6.07, 6.45) is 1.16. The van der Waals surface area contributed by atoms with Crippen molar-refractivity contribution in [2.24, 2.45) is 0 Å². The van der Waals surface area contributed by atoms with Crippen molar-refractivity contribution in [3.8, 4) is 5.75 Å². The van der Waals surface area contributed by atoms with Crippen LogP contribution in [-0.2, 0) is 14.4 Å². The molecule has 0 radical (unpaired) electrons. The predicted octanol–water partition coefficient (Wildman–Crippen LogP) is 5.24. The third-order valence-corrected chi connectivity index (χ3v) is 6.14. The lowest BCUT2D eigenvalue weighted by molar-refractivity contribution is -0.384. The van der Waals surface area contributed by atoms with E-state index in [1.807, 2.05) is 5.32 Å². The Morgan fingerprint density at radius 3 is 2.26 bits per heavy atom. The first-order valence-electron chi connectivity index (χ1n) is 10.9. The summed E-state index contributed by atoms with van der Waals surface area (Å²) in [5, 5.41) is 15.8. The predicted molar refractivity (Wildman–Crippen MR) is 144 cm³/mol. The van der Waals surface area contributed by atoms with Crippen LogP contribution in [0.15, 0.2) is 66.2 Å². The number of nitro groups is 1. The quantitative estimate of drug-likeness (QED) is 0.166. The van der Waals surface area contributed by atoms with Crippen molar-refractivity contribution in [3.63, 3.8) is 0 Å². The number of benzene rings is 3. The summed E-state index contributed by atoms with van der Waals surface area (Å²) in [4.78, 5) is 61.0. The van der Waals surface area contributed by atoms with E-state index < -0.39 is 40.9 Å². The van der Waals surface area contributed by atoms with E-state index in [1.165, 1.54) is 24.3 Å². The molecule has 0 atom stereocenters. The molecule has 2 N–H and O–H groups in total. The maximum Gasteiger partial charge on any atom is 0.335 e. The summed E-state index contributed by atoms with van der Waals surface area (Å²) in [6.45, 7) is -0.446. The number of barbiturate groups is 1. The Morgan fingerprint density at radius 2 is 1.64 bits per heavy atom. The molecule has 11 nitrogen and oxygen atoms in total. The van der Waals surface area contributed by atoms with Crippen LogP contribution in [0.25, 0.3) is 6.08 Å². The summed E-state index contributed by atoms with van der Waals surface area (Å²) in [7, 11) is 0. The first-order chi connectivity index (χ1) is 18.5. The number of carbonyl (C=O) groups excluding carboxylic acids is 4. The molecule has 3 aromatic carbocycles. The fraction of sp³-hybridized carbons (Fsp3) is 0.0400. The summed E-state index contributed by atoms with van der Waals surface area (Å²) >= 11 is 18.6. The van der Waals surface area contributed by atoms with Gasteiger partial charge in [0.2, 0.25) is 0 Å². The molecule has 1 saturated heterocycles. The molecule has 0 unspecified atom stereocenters. The van der Waals surface area contributed by atoms with Crippen molar-refractivity contribution in [2.45, 2.75) is 0 Å². The van der Waals surface area contributed by atoms with Crippen molar-refractivity contribution >= 4 is 81.7 Å². The maximum absolute atomic E-state index is 13.1. The van der Waals surface area contributed by atoms with E-state index in [2.05, 4.69) is 5.32 Å². The zero-order chi connectivity index (χ0) is 28.3. The van der Waals surface area contributed by atoms with E-state index in [9.17, 15) is 29.3 Å². The number of anilines is 2. The van der Waals surface area contributed by atoms with Gasteiger partial charge in [-0.15, -0.1) is 0 Å². The van der Waals surface area contributed by atoms with Crippen LogP contribution in [0.2, 0.25) is 15.1 Å². The van der Waals surface area contributed by atoms with Crippen LogP contribution >= 0.6 is 34.8 Å². The van der Waals surface area contributed by atoms with E-state index >= 15 is 0 Å². The van der Waals surface area contributed by atoms with Crippen molar-refractivity contribution in [3.05, 3.63) is 97.0 Å². The minimum atomic E-state index is -1.02. The van der Waals surface area contributed by atoms with Crippen molar-refractivity contribution in [1.82, 2.24) is 5.32 Å². The van der Waals surface area contributed by atoms with Crippen molar-refractivity contribution < 1.29 is 28.8 Å². The lowest BCUT2D eigenvalue weighted by Crippen LogP contribution is -2.54. The number of nitrogens with zero attached hydrogens (tertiary/aromatic N) is 2. The normalized spacial score (nSPS) is 14.3. The van der Waals surface area contributed by atoms with Crippen LogP contribution in [0, 0.1) is 10.1 Å². The maximum atomic E-state index is 13.1. The number of halogens is 3. The second-order valence-electron chi connectivity index (χ2n) is 7.86. The summed E-state index contributed by atoms with van der Waals surface area (Å²) in [5.41, 5.74) is -0.0503. The molecule has 0 aromatic heterocycles. The number of non-ortho nitro benzene ring substituents is 1. The highest BCUT2D eigenvalue weighted by atomic mass is 35.5. The largest absolute Gasteiger partial charge is 0.481 e. The Labute approximate surface area is 235 Å². The molecule has 3 aromatic rings. The average Bonchev–Trinajstić information content (AvgIpc) is 2.87. The fourth-order valence-electron chi connectivity index (χ4n) is 3.47. The lowest BCUT2D eigenvalue weighted by atomic mass is 10.1. The number of carbonyl (C=O) groups is 4. The second-order valence-corrected chi connectivity index (χ2v) is 9.08. The Bertz CT molecular complexity index is 1530. The summed E-state index contributed by atoms with van der Waals surface area (Å²) in [6, 6.07) is 12.9. The van der Waals surface area contributed by atoms with Gasteiger partial charge in [-0.1, -0.05) is 46.9 Å². The Kier molecular flexibility index (Phi) is 8.15. The van der Waals surface area contributed by atoms with Gasteiger partial charge in [0.05, 0.1) is 31.4 Å². The van der Waals surface area contributed by atoms with Gasteiger partial charge in [0.1, 0.15) is 5.57 Å². The molecular weight excluding hydrogens is 575 g/mol. The zero-order valence-electron chi connectivity index (χ0n) is 19.4. The number of para-hydroxylation sites is 1. The Balaban J connectivity index is 1.53. The van der Waals surface area contributed by atoms with E-state index in [0.29, 0.717) is 15.6 Å². The Morgan fingerprint density at radius 1 is 1.00 bits per heavy atom. The highest BCUT2D eigenvalue weighted by Crippen LogP contribution is 2.35. The van der Waals surface area contributed by atoms with Gasteiger partial charge in [0.25, 0.3) is 23.4 Å². The highest BCUT2D eigenvalue weighted by molar-refractivity contribution is 6.40. The molecule has 39 heavy (non-hydrogen) atoms. The number of imide groups is 2. The molecule has 0 saturated carbocycles. The minimum Gasteiger partial charge on any atom is -0.481 e. The molecule has 0 aliphatic carbocycles. The fourth-order valence-corrected chi connectivity index (χ4v) is 4.27. The second kappa shape index (κ2) is 11.5. The molecule has 1 aliphatic heterocycles. The number of ether oxygens (including phenoxy) is 1. The van der Waals surface area contributed by atoms with Gasteiger partial charge in [-0.05, 0) is 48.0 Å². The van der Waals surface area contributed by atoms with Crippen LogP contribution < -0.4 is 20.3 Å². The van der Waals surface area contributed by atoms with Crippen LogP contribution in [0.1, 0.15) is 5.56 Å². The molecule has 4 rings (SSSR count). The first-order valence-corrected chi connectivity index (χ1v) is 12.0. The van der Waals surface area contributed by atoms with E-state index in [-0.39, 0.29) is 32.7 Å². The molecule has 198 valence electrons. The molecule has 1 aliphatic rings. The molecular formula is C25H15Cl3N4O7. The number of urea groups is 1. The monoisotopic (exact) mass is 588 g/mol. The minimum absolute atomic E-state index is 0.0105. The van der Waals surface area contributed by atoms with Crippen LogP contribution in [0.5, 0.6) is 5.75 Å². The van der Waals surface area contributed by atoms with Gasteiger partial charge in [0, 0.05) is 12.1 Å². The first kappa shape index (κ1) is 27.6. The molecule has 1 heterocycles. The number of hydrogen-bond donors (Lipinski definition) is 2. The highest BCUT2D eigenvalue weighted by Gasteiger charge is 2.37. The lowest BCUT2D eigenvalue weighted by Gasteiger charge is -2.26. The smallest absolute Gasteiger partial charge is 0.335 e. The molecule has 0 spiro atoms. The molecule has 0 bridgehead atoms. The Hall–Kier alpha value is -4.45. The zero-order valence-corrected chi connectivity index (χ0v) is 21.7. The topological polar surface area (TPSA) is 148 Å². The summed E-state index contributed by atoms with van der Waals surface area (Å²) < 4.78 is 5.46. The van der Waals surface area contributed by atoms with Gasteiger partial charge < -0.3 is 10.1 Å². The van der Waals surface area contributed by atoms with Gasteiger partial charge >= 0.3 is 6.03 Å². The third kappa shape index (κ3) is 6.17. The van der Waals surface area contributed by atoms with Gasteiger partial charge in [-0.3, -0.25) is 29.8 Å². The van der Waals surface area contributed by atoms with Crippen LogP contribution in [0.4, 0.5) is 21.9 Å². The molecule has 5 amide bonds. The number of amides is 5. The van der Waals surface area contributed by atoms with E-state index in [0.717, 1.165) is 18.2 Å². The van der Waals surface area contributed by atoms with Crippen molar-refractivity contribution in [2.75, 3.05) is 16.8 Å². The van der Waals surface area contributed by atoms with Crippen molar-refractivity contribution in [1.29, 1.82) is 0 Å². The SMILES string of the molecule is O=C(COc1c(Cl)cc(/C=C2/C(=O)NC(=O)N(c3ccc([N+](=O)[O-])cc3)C2=O)cc1Cl)Nc1ccccc1Cl. The molecule has 14 heteroatoms. The van der Waals surface area contributed by atoms with Crippen LogP contribution in [0.3, 0.4) is 0 Å². The number of nitro benzene ring substituents is 1. The third-order valence-electron chi connectivity index (χ3n) is 5.25. The number of hydrogen-bond acceptors (Lipinski definition) is 7. The standard InChI is InChI=1S/C25H15Cl3N4O7/c26-17-3-1-2-4-20(17)29-21(33)12-39-22-18(27)10-13(11-19(22)28)9-16-23(34)30-25(36)31(24(16)35)14-5-7-15(8-6-14)32(37)38/h1-11H,12H2,(H,29,33)(H,30,34,36)/b16-9-.